The maximum atomic E-state index is 14.3. The van der Waals surface area contributed by atoms with Crippen molar-refractivity contribution in [3.05, 3.63) is 70.8 Å². The summed E-state index contributed by atoms with van der Waals surface area (Å²) in [5.41, 5.74) is -0.0166. The fourth-order valence-corrected chi connectivity index (χ4v) is 4.03. The Morgan fingerprint density at radius 1 is 1.06 bits per heavy atom. The van der Waals surface area contributed by atoms with E-state index in [2.05, 4.69) is 0 Å². The van der Waals surface area contributed by atoms with Gasteiger partial charge in [0.1, 0.15) is 11.6 Å². The molecule has 0 spiro atoms. The van der Waals surface area contributed by atoms with Gasteiger partial charge in [-0.1, -0.05) is 18.2 Å². The Hall–Kier alpha value is -3.09. The van der Waals surface area contributed by atoms with E-state index in [1.165, 1.54) is 13.0 Å². The third-order valence-electron chi connectivity index (χ3n) is 5.65. The van der Waals surface area contributed by atoms with E-state index < -0.39 is 23.0 Å². The number of rotatable bonds is 6. The number of nitrogens with zero attached hydrogens (tertiary/aromatic N) is 1. The Kier molecular flexibility index (Phi) is 6.83. The third kappa shape index (κ3) is 4.98. The van der Waals surface area contributed by atoms with Gasteiger partial charge in [-0.25, -0.2) is 8.78 Å². The lowest BCUT2D eigenvalue weighted by Crippen LogP contribution is -2.51. The molecule has 1 aliphatic heterocycles. The van der Waals surface area contributed by atoms with Crippen LogP contribution in [0.3, 0.4) is 0 Å². The monoisotopic (exact) mass is 429 g/mol. The third-order valence-corrected chi connectivity index (χ3v) is 5.65. The molecule has 2 aromatic carbocycles. The van der Waals surface area contributed by atoms with Gasteiger partial charge in [-0.2, -0.15) is 0 Å². The minimum atomic E-state index is -1.12. The Morgan fingerprint density at radius 3 is 2.35 bits per heavy atom. The van der Waals surface area contributed by atoms with Crippen LogP contribution in [0.2, 0.25) is 0 Å². The van der Waals surface area contributed by atoms with Crippen molar-refractivity contribution >= 4 is 17.7 Å². The molecule has 0 aromatic heterocycles. The second-order valence-corrected chi connectivity index (χ2v) is 7.88. The zero-order valence-electron chi connectivity index (χ0n) is 17.6. The van der Waals surface area contributed by atoms with Gasteiger partial charge in [-0.05, 0) is 56.9 Å². The number of piperidine rings is 1. The van der Waals surface area contributed by atoms with E-state index in [0.717, 1.165) is 12.1 Å². The zero-order chi connectivity index (χ0) is 22.6. The van der Waals surface area contributed by atoms with E-state index in [1.807, 2.05) is 0 Å². The molecule has 1 saturated heterocycles. The largest absolute Gasteiger partial charge is 0.466 e. The van der Waals surface area contributed by atoms with Crippen molar-refractivity contribution in [3.63, 3.8) is 0 Å². The molecule has 1 heterocycles. The second kappa shape index (κ2) is 9.37. The van der Waals surface area contributed by atoms with Crippen molar-refractivity contribution in [2.24, 2.45) is 5.41 Å². The molecule has 2 aromatic rings. The summed E-state index contributed by atoms with van der Waals surface area (Å²) in [6.45, 7) is 3.80. The molecule has 1 atom stereocenters. The highest BCUT2D eigenvalue weighted by Crippen LogP contribution is 2.36. The van der Waals surface area contributed by atoms with Crippen LogP contribution in [0.1, 0.15) is 53.0 Å². The summed E-state index contributed by atoms with van der Waals surface area (Å²) in [4.78, 5) is 39.0. The van der Waals surface area contributed by atoms with Crippen molar-refractivity contribution in [2.45, 2.75) is 33.1 Å². The smallest absolute Gasteiger partial charge is 0.314 e. The number of halogens is 2. The number of amides is 1. The molecule has 0 bridgehead atoms. The second-order valence-electron chi connectivity index (χ2n) is 7.88. The van der Waals surface area contributed by atoms with Gasteiger partial charge in [-0.15, -0.1) is 0 Å². The Balaban J connectivity index is 1.88. The topological polar surface area (TPSA) is 63.7 Å². The summed E-state index contributed by atoms with van der Waals surface area (Å²) in [7, 11) is 0. The molecule has 31 heavy (non-hydrogen) atoms. The molecule has 0 saturated carbocycles. The lowest BCUT2D eigenvalue weighted by Gasteiger charge is -2.41. The van der Waals surface area contributed by atoms with Crippen molar-refractivity contribution in [3.8, 4) is 0 Å². The van der Waals surface area contributed by atoms with Crippen LogP contribution < -0.4 is 0 Å². The maximum Gasteiger partial charge on any atom is 0.314 e. The number of ketones is 1. The first-order valence-corrected chi connectivity index (χ1v) is 10.3. The number of hydrogen-bond acceptors (Lipinski definition) is 4. The molecule has 3 rings (SSSR count). The molecule has 0 radical (unpaired) electrons. The number of esters is 1. The molecule has 1 amide bonds. The summed E-state index contributed by atoms with van der Waals surface area (Å²) in [5.74, 6) is -2.29. The quantitative estimate of drug-likeness (QED) is 0.510. The van der Waals surface area contributed by atoms with Gasteiger partial charge in [-0.3, -0.25) is 14.4 Å². The molecular weight excluding hydrogens is 404 g/mol. The predicted molar refractivity (Wildman–Crippen MR) is 111 cm³/mol. The lowest BCUT2D eigenvalue weighted by molar-refractivity contribution is -0.158. The highest BCUT2D eigenvalue weighted by atomic mass is 19.1. The summed E-state index contributed by atoms with van der Waals surface area (Å²) in [6, 6.07) is 9.61. The molecule has 1 fully saturated rings. The van der Waals surface area contributed by atoms with Crippen molar-refractivity contribution in [1.82, 2.24) is 4.90 Å². The number of Topliss-reactive ketones (excluding diaryl/α,β-unsaturated/α-hetero) is 1. The molecule has 5 nitrogen and oxygen atoms in total. The minimum absolute atomic E-state index is 0.00496. The number of carbonyl (C=O) groups is 3. The van der Waals surface area contributed by atoms with Crippen molar-refractivity contribution in [1.29, 1.82) is 0 Å². The molecule has 0 unspecified atom stereocenters. The van der Waals surface area contributed by atoms with E-state index in [1.54, 1.807) is 36.1 Å². The normalized spacial score (nSPS) is 18.5. The molecule has 0 aliphatic carbocycles. The highest BCUT2D eigenvalue weighted by molar-refractivity contribution is 5.98. The Labute approximate surface area is 180 Å². The first-order chi connectivity index (χ1) is 14.8. The van der Waals surface area contributed by atoms with Crippen molar-refractivity contribution in [2.75, 3.05) is 19.7 Å². The molecule has 1 aliphatic rings. The van der Waals surface area contributed by atoms with Crippen LogP contribution in [0.5, 0.6) is 0 Å². The van der Waals surface area contributed by atoms with E-state index in [9.17, 15) is 23.2 Å². The zero-order valence-corrected chi connectivity index (χ0v) is 17.6. The van der Waals surface area contributed by atoms with E-state index in [0.29, 0.717) is 30.5 Å². The van der Waals surface area contributed by atoms with Gasteiger partial charge in [0, 0.05) is 30.3 Å². The van der Waals surface area contributed by atoms with Crippen LogP contribution in [-0.2, 0) is 16.0 Å². The molecule has 164 valence electrons. The lowest BCUT2D eigenvalue weighted by atomic mass is 9.74. The van der Waals surface area contributed by atoms with Gasteiger partial charge in [0.15, 0.2) is 5.78 Å². The van der Waals surface area contributed by atoms with Gasteiger partial charge in [0.25, 0.3) is 5.91 Å². The van der Waals surface area contributed by atoms with Crippen LogP contribution >= 0.6 is 0 Å². The van der Waals surface area contributed by atoms with Crippen LogP contribution in [0.25, 0.3) is 0 Å². The summed E-state index contributed by atoms with van der Waals surface area (Å²) < 4.78 is 33.0. The molecule has 7 heteroatoms. The maximum absolute atomic E-state index is 14.3. The highest BCUT2D eigenvalue weighted by Gasteiger charge is 2.45. The molecular formula is C24H25F2NO4. The van der Waals surface area contributed by atoms with Crippen LogP contribution in [0, 0.1) is 17.0 Å². The summed E-state index contributed by atoms with van der Waals surface area (Å²) in [6.07, 6.45) is 0.972. The number of likely N-dealkylation sites (tertiary alicyclic amines) is 1. The fraction of sp³-hybridized carbons (Fsp3) is 0.375. The van der Waals surface area contributed by atoms with Crippen LogP contribution in [0.4, 0.5) is 8.78 Å². The first-order valence-electron chi connectivity index (χ1n) is 10.3. The average molecular weight is 429 g/mol. The van der Waals surface area contributed by atoms with E-state index >= 15 is 0 Å². The van der Waals surface area contributed by atoms with Gasteiger partial charge in [0.2, 0.25) is 0 Å². The van der Waals surface area contributed by atoms with Gasteiger partial charge < -0.3 is 9.64 Å². The predicted octanol–water partition coefficient (Wildman–Crippen LogP) is 4.20. The summed E-state index contributed by atoms with van der Waals surface area (Å²) >= 11 is 0. The van der Waals surface area contributed by atoms with Crippen LogP contribution in [-0.4, -0.2) is 42.3 Å². The van der Waals surface area contributed by atoms with Crippen LogP contribution in [0.15, 0.2) is 42.5 Å². The number of ether oxygens (including phenoxy) is 1. The number of hydrogen-bond donors (Lipinski definition) is 0. The average Bonchev–Trinajstić information content (AvgIpc) is 2.75. The first kappa shape index (κ1) is 22.6. The van der Waals surface area contributed by atoms with Gasteiger partial charge in [0.05, 0.1) is 12.0 Å². The molecule has 0 N–H and O–H groups in total. The van der Waals surface area contributed by atoms with E-state index in [4.69, 9.17) is 4.74 Å². The standard InChI is InChI=1S/C24H25F2NO4/c1-3-31-23(30)24(14-19-9-10-20(25)13-21(19)26)11-4-12-27(15-24)22(29)18-7-5-17(6-8-18)16(2)28/h5-10,13H,3-4,11-12,14-15H2,1-2H3/t24-/m1/s1. The Morgan fingerprint density at radius 2 is 1.74 bits per heavy atom. The van der Waals surface area contributed by atoms with Gasteiger partial charge >= 0.3 is 5.97 Å². The minimum Gasteiger partial charge on any atom is -0.466 e. The summed E-state index contributed by atoms with van der Waals surface area (Å²) in [5, 5.41) is 0. The van der Waals surface area contributed by atoms with E-state index in [-0.39, 0.29) is 36.8 Å². The fourth-order valence-electron chi connectivity index (χ4n) is 4.03. The van der Waals surface area contributed by atoms with Crippen molar-refractivity contribution < 1.29 is 27.9 Å². The SMILES string of the molecule is CCOC(=O)[C@@]1(Cc2ccc(F)cc2F)CCCN(C(=O)c2ccc(C(C)=O)cc2)C1. The number of carbonyl (C=O) groups excluding carboxylic acids is 3. The Bertz CT molecular complexity index is 990. The number of benzene rings is 2.